The number of nitrogens with one attached hydrogen (secondary N) is 1. The van der Waals surface area contributed by atoms with Crippen molar-refractivity contribution in [3.05, 3.63) is 35.7 Å². The van der Waals surface area contributed by atoms with Gasteiger partial charge in [-0.3, -0.25) is 10.1 Å². The Balaban J connectivity index is 1.33. The number of carbonyl (C=O) groups excluding carboxylic acids is 1. The molecule has 1 amide bonds. The number of morpholine rings is 1. The molecular weight excluding hydrogens is 386 g/mol. The number of benzene rings is 1. The summed E-state index contributed by atoms with van der Waals surface area (Å²) < 4.78 is 19.3. The van der Waals surface area contributed by atoms with Gasteiger partial charge in [-0.25, -0.2) is 4.98 Å². The predicted octanol–water partition coefficient (Wildman–Crippen LogP) is 2.52. The number of nitrogens with zero attached hydrogens (tertiary/aromatic N) is 4. The standard InChI is InChI=1S/C17H17N5O3S2/c23-14(19-17-18-13(11-26-17)12-4-2-1-3-5-12)10-25-16-15(20-27-21-16)22-6-8-24-9-7-22/h1-5,11H,6-10H2,(H,18,19,23). The molecule has 1 fully saturated rings. The summed E-state index contributed by atoms with van der Waals surface area (Å²) >= 11 is 2.44. The highest BCUT2D eigenvalue weighted by Crippen LogP contribution is 2.27. The van der Waals surface area contributed by atoms with Crippen molar-refractivity contribution < 1.29 is 14.3 Å². The Hall–Kier alpha value is -2.56. The smallest absolute Gasteiger partial charge is 0.271 e. The van der Waals surface area contributed by atoms with Crippen LogP contribution in [0.15, 0.2) is 35.7 Å². The second-order valence-corrected chi connectivity index (χ2v) is 7.12. The summed E-state index contributed by atoms with van der Waals surface area (Å²) in [6, 6.07) is 9.82. The van der Waals surface area contributed by atoms with Gasteiger partial charge in [-0.1, -0.05) is 30.3 Å². The number of aromatic nitrogens is 3. The van der Waals surface area contributed by atoms with Crippen LogP contribution >= 0.6 is 23.1 Å². The van der Waals surface area contributed by atoms with Crippen LogP contribution in [-0.2, 0) is 9.53 Å². The Kier molecular flexibility index (Phi) is 5.56. The van der Waals surface area contributed by atoms with Crippen molar-refractivity contribution in [3.8, 4) is 17.1 Å². The van der Waals surface area contributed by atoms with Crippen molar-refractivity contribution in [1.29, 1.82) is 0 Å². The maximum atomic E-state index is 12.2. The van der Waals surface area contributed by atoms with Gasteiger partial charge in [0.05, 0.1) is 30.6 Å². The number of hydrogen-bond donors (Lipinski definition) is 1. The van der Waals surface area contributed by atoms with Crippen LogP contribution in [0.1, 0.15) is 0 Å². The number of ether oxygens (including phenoxy) is 2. The van der Waals surface area contributed by atoms with E-state index in [2.05, 4.69) is 19.0 Å². The molecule has 10 heteroatoms. The lowest BCUT2D eigenvalue weighted by molar-refractivity contribution is -0.118. The zero-order chi connectivity index (χ0) is 18.5. The molecule has 3 aromatic rings. The first-order chi connectivity index (χ1) is 13.3. The minimum Gasteiger partial charge on any atom is -0.464 e. The van der Waals surface area contributed by atoms with Gasteiger partial charge in [-0.2, -0.15) is 4.37 Å². The van der Waals surface area contributed by atoms with E-state index in [1.165, 1.54) is 11.3 Å². The first-order valence-electron chi connectivity index (χ1n) is 8.38. The number of thiazole rings is 1. The van der Waals surface area contributed by atoms with Gasteiger partial charge in [-0.05, 0) is 0 Å². The molecule has 140 valence electrons. The predicted molar refractivity (Wildman–Crippen MR) is 105 cm³/mol. The normalized spacial score (nSPS) is 14.1. The van der Waals surface area contributed by atoms with Crippen molar-refractivity contribution in [2.75, 3.05) is 43.1 Å². The molecule has 27 heavy (non-hydrogen) atoms. The Morgan fingerprint density at radius 2 is 2.04 bits per heavy atom. The fourth-order valence-corrected chi connectivity index (χ4v) is 3.85. The van der Waals surface area contributed by atoms with Crippen LogP contribution in [0.4, 0.5) is 10.9 Å². The minimum atomic E-state index is -0.287. The zero-order valence-electron chi connectivity index (χ0n) is 14.3. The average Bonchev–Trinajstić information content (AvgIpc) is 3.37. The monoisotopic (exact) mass is 403 g/mol. The second-order valence-electron chi connectivity index (χ2n) is 5.73. The van der Waals surface area contributed by atoms with Crippen LogP contribution in [0, 0.1) is 0 Å². The Labute approximate surface area is 164 Å². The molecule has 1 N–H and O–H groups in total. The molecule has 2 aromatic heterocycles. The molecule has 0 unspecified atom stereocenters. The number of anilines is 2. The SMILES string of the molecule is O=C(COc1nsnc1N1CCOCC1)Nc1nc(-c2ccccc2)cs1. The third kappa shape index (κ3) is 4.41. The van der Waals surface area contributed by atoms with Crippen LogP contribution in [0.5, 0.6) is 5.88 Å². The summed E-state index contributed by atoms with van der Waals surface area (Å²) in [5.41, 5.74) is 1.84. The summed E-state index contributed by atoms with van der Waals surface area (Å²) in [4.78, 5) is 18.7. The van der Waals surface area contributed by atoms with Gasteiger partial charge in [0, 0.05) is 24.0 Å². The van der Waals surface area contributed by atoms with Crippen molar-refractivity contribution in [2.24, 2.45) is 0 Å². The van der Waals surface area contributed by atoms with Crippen molar-refractivity contribution in [1.82, 2.24) is 13.7 Å². The molecular formula is C17H17N5O3S2. The molecule has 1 aliphatic rings. The topological polar surface area (TPSA) is 89.5 Å². The lowest BCUT2D eigenvalue weighted by atomic mass is 10.2. The molecule has 0 saturated carbocycles. The lowest BCUT2D eigenvalue weighted by Crippen LogP contribution is -2.36. The highest BCUT2D eigenvalue weighted by atomic mass is 32.1. The van der Waals surface area contributed by atoms with E-state index >= 15 is 0 Å². The minimum absolute atomic E-state index is 0.150. The Bertz CT molecular complexity index is 893. The molecule has 8 nitrogen and oxygen atoms in total. The van der Waals surface area contributed by atoms with Crippen molar-refractivity contribution in [3.63, 3.8) is 0 Å². The van der Waals surface area contributed by atoms with Crippen LogP contribution in [0.25, 0.3) is 11.3 Å². The maximum Gasteiger partial charge on any atom is 0.271 e. The van der Waals surface area contributed by atoms with E-state index in [0.717, 1.165) is 36.1 Å². The van der Waals surface area contributed by atoms with Gasteiger partial charge in [-0.15, -0.1) is 15.7 Å². The molecule has 0 spiro atoms. The van der Waals surface area contributed by atoms with Gasteiger partial charge < -0.3 is 14.4 Å². The van der Waals surface area contributed by atoms with E-state index in [4.69, 9.17) is 9.47 Å². The van der Waals surface area contributed by atoms with E-state index in [-0.39, 0.29) is 12.5 Å². The van der Waals surface area contributed by atoms with Gasteiger partial charge >= 0.3 is 0 Å². The number of amides is 1. The van der Waals surface area contributed by atoms with E-state index in [1.54, 1.807) is 0 Å². The second kappa shape index (κ2) is 8.42. The van der Waals surface area contributed by atoms with E-state index < -0.39 is 0 Å². The third-order valence-corrected chi connectivity index (χ3v) is 5.17. The van der Waals surface area contributed by atoms with E-state index in [0.29, 0.717) is 30.0 Å². The Morgan fingerprint density at radius 3 is 2.85 bits per heavy atom. The lowest BCUT2D eigenvalue weighted by Gasteiger charge is -2.26. The molecule has 0 bridgehead atoms. The zero-order valence-corrected chi connectivity index (χ0v) is 16.0. The van der Waals surface area contributed by atoms with Gasteiger partial charge in [0.1, 0.15) is 0 Å². The largest absolute Gasteiger partial charge is 0.464 e. The van der Waals surface area contributed by atoms with E-state index in [1.807, 2.05) is 40.6 Å². The highest BCUT2D eigenvalue weighted by Gasteiger charge is 2.20. The molecule has 0 atom stereocenters. The first-order valence-corrected chi connectivity index (χ1v) is 9.99. The molecule has 0 aliphatic carbocycles. The fraction of sp³-hybridized carbons (Fsp3) is 0.294. The van der Waals surface area contributed by atoms with E-state index in [9.17, 15) is 4.79 Å². The van der Waals surface area contributed by atoms with Gasteiger partial charge in [0.2, 0.25) is 5.82 Å². The molecule has 4 rings (SSSR count). The summed E-state index contributed by atoms with van der Waals surface area (Å²) in [6.45, 7) is 2.60. The van der Waals surface area contributed by atoms with Gasteiger partial charge in [0.15, 0.2) is 11.7 Å². The number of carbonyl (C=O) groups is 1. The molecule has 1 saturated heterocycles. The van der Waals surface area contributed by atoms with Crippen LogP contribution < -0.4 is 15.0 Å². The third-order valence-electron chi connectivity index (χ3n) is 3.91. The summed E-state index contributed by atoms with van der Waals surface area (Å²) in [5.74, 6) is 0.753. The Morgan fingerprint density at radius 1 is 1.22 bits per heavy atom. The molecule has 3 heterocycles. The van der Waals surface area contributed by atoms with Crippen molar-refractivity contribution in [2.45, 2.75) is 0 Å². The summed E-state index contributed by atoms with van der Waals surface area (Å²) in [6.07, 6.45) is 0. The number of hydrogen-bond acceptors (Lipinski definition) is 9. The summed E-state index contributed by atoms with van der Waals surface area (Å²) in [5, 5.41) is 5.20. The quantitative estimate of drug-likeness (QED) is 0.676. The molecule has 1 aromatic carbocycles. The van der Waals surface area contributed by atoms with Crippen molar-refractivity contribution >= 4 is 39.9 Å². The first kappa shape index (κ1) is 17.8. The highest BCUT2D eigenvalue weighted by molar-refractivity contribution is 7.14. The van der Waals surface area contributed by atoms with Gasteiger partial charge in [0.25, 0.3) is 11.8 Å². The fourth-order valence-electron chi connectivity index (χ4n) is 2.60. The molecule has 0 radical (unpaired) electrons. The number of rotatable bonds is 6. The van der Waals surface area contributed by atoms with Crippen LogP contribution in [0.3, 0.4) is 0 Å². The average molecular weight is 403 g/mol. The molecule has 1 aliphatic heterocycles. The summed E-state index contributed by atoms with van der Waals surface area (Å²) in [7, 11) is 0. The maximum absolute atomic E-state index is 12.2. The van der Waals surface area contributed by atoms with Crippen LogP contribution in [0.2, 0.25) is 0 Å². The van der Waals surface area contributed by atoms with Crippen LogP contribution in [-0.4, -0.2) is 52.5 Å².